The molecule has 0 amide bonds. The van der Waals surface area contributed by atoms with Gasteiger partial charge in [-0.15, -0.1) is 0 Å². The Morgan fingerprint density at radius 2 is 2.35 bits per heavy atom. The van der Waals surface area contributed by atoms with Gasteiger partial charge >= 0.3 is 0 Å². The summed E-state index contributed by atoms with van der Waals surface area (Å²) < 4.78 is 6.32. The van der Waals surface area contributed by atoms with Gasteiger partial charge < -0.3 is 15.4 Å². The summed E-state index contributed by atoms with van der Waals surface area (Å²) in [5, 5.41) is 0. The minimum absolute atomic E-state index is 0.199. The third-order valence-corrected chi connectivity index (χ3v) is 3.72. The van der Waals surface area contributed by atoms with Crippen LogP contribution in [0.1, 0.15) is 18.5 Å². The van der Waals surface area contributed by atoms with Gasteiger partial charge in [0.15, 0.2) is 5.96 Å². The van der Waals surface area contributed by atoms with E-state index in [0.29, 0.717) is 12.5 Å². The second-order valence-electron chi connectivity index (χ2n) is 3.89. The zero-order chi connectivity index (χ0) is 12.4. The molecule has 0 fully saturated rings. The van der Waals surface area contributed by atoms with Crippen LogP contribution in [-0.2, 0) is 0 Å². The minimum atomic E-state index is 0.199. The molecule has 1 aliphatic rings. The van der Waals surface area contributed by atoms with Gasteiger partial charge in [0.2, 0.25) is 0 Å². The van der Waals surface area contributed by atoms with Crippen molar-refractivity contribution in [2.24, 2.45) is 10.7 Å². The topological polar surface area (TPSA) is 50.8 Å². The summed E-state index contributed by atoms with van der Waals surface area (Å²) in [4.78, 5) is 6.40. The van der Waals surface area contributed by atoms with E-state index >= 15 is 0 Å². The molecule has 1 unspecified atom stereocenters. The highest BCUT2D eigenvalue weighted by Gasteiger charge is 2.27. The highest BCUT2D eigenvalue weighted by molar-refractivity contribution is 9.10. The number of aliphatic imine (C=N–C) groups is 1. The fraction of sp³-hybridized carbons (Fsp3) is 0.417. The normalized spacial score (nSPS) is 19.4. The lowest BCUT2D eigenvalue weighted by Crippen LogP contribution is -2.35. The van der Waals surface area contributed by atoms with Crippen molar-refractivity contribution in [2.45, 2.75) is 13.0 Å². The number of guanidine groups is 1. The molecule has 17 heavy (non-hydrogen) atoms. The smallest absolute Gasteiger partial charge is 0.191 e. The quantitative estimate of drug-likeness (QED) is 0.930. The van der Waals surface area contributed by atoms with Gasteiger partial charge in [0, 0.05) is 11.0 Å². The summed E-state index contributed by atoms with van der Waals surface area (Å²) in [6.45, 7) is 3.63. The van der Waals surface area contributed by atoms with E-state index in [4.69, 9.17) is 10.5 Å². The molecule has 0 aliphatic carbocycles. The van der Waals surface area contributed by atoms with E-state index in [-0.39, 0.29) is 6.04 Å². The molecule has 0 spiro atoms. The monoisotopic (exact) mass is 297 g/mol. The molecule has 0 aromatic heterocycles. The Balaban J connectivity index is 2.34. The summed E-state index contributed by atoms with van der Waals surface area (Å²) in [5.74, 6) is 1.47. The number of benzene rings is 1. The fourth-order valence-corrected chi connectivity index (χ4v) is 2.59. The second-order valence-corrected chi connectivity index (χ2v) is 4.74. The van der Waals surface area contributed by atoms with Crippen LogP contribution in [0.2, 0.25) is 0 Å². The molecule has 0 saturated heterocycles. The van der Waals surface area contributed by atoms with Crippen LogP contribution in [-0.4, -0.2) is 31.1 Å². The van der Waals surface area contributed by atoms with Crippen LogP contribution in [0.4, 0.5) is 0 Å². The molecule has 1 aromatic carbocycles. The first-order chi connectivity index (χ1) is 8.17. The van der Waals surface area contributed by atoms with Gasteiger partial charge in [-0.2, -0.15) is 0 Å². The Morgan fingerprint density at radius 1 is 1.59 bits per heavy atom. The van der Waals surface area contributed by atoms with Crippen LogP contribution < -0.4 is 10.5 Å². The molecule has 1 heterocycles. The van der Waals surface area contributed by atoms with Crippen molar-refractivity contribution in [1.29, 1.82) is 0 Å². The summed E-state index contributed by atoms with van der Waals surface area (Å²) in [6.07, 6.45) is 0. The zero-order valence-corrected chi connectivity index (χ0v) is 11.6. The number of nitrogens with two attached hydrogens (primary N) is 1. The number of ether oxygens (including phenoxy) is 1. The largest absolute Gasteiger partial charge is 0.497 e. The van der Waals surface area contributed by atoms with Crippen LogP contribution in [0.25, 0.3) is 0 Å². The molecule has 2 N–H and O–H groups in total. The van der Waals surface area contributed by atoms with E-state index in [1.807, 2.05) is 18.2 Å². The van der Waals surface area contributed by atoms with Gasteiger partial charge in [-0.05, 0) is 30.7 Å². The highest BCUT2D eigenvalue weighted by Crippen LogP contribution is 2.33. The van der Waals surface area contributed by atoms with E-state index in [1.165, 1.54) is 0 Å². The third-order valence-electron chi connectivity index (χ3n) is 3.00. The molecule has 5 heteroatoms. The molecule has 1 atom stereocenters. The Kier molecular flexibility index (Phi) is 3.57. The summed E-state index contributed by atoms with van der Waals surface area (Å²) in [7, 11) is 1.67. The van der Waals surface area contributed by atoms with E-state index in [2.05, 4.69) is 32.7 Å². The van der Waals surface area contributed by atoms with E-state index in [1.54, 1.807) is 7.11 Å². The first-order valence-electron chi connectivity index (χ1n) is 5.57. The van der Waals surface area contributed by atoms with Gasteiger partial charge in [0.1, 0.15) is 5.75 Å². The number of methoxy groups -OCH3 is 1. The van der Waals surface area contributed by atoms with E-state index < -0.39 is 0 Å². The number of rotatable bonds is 3. The van der Waals surface area contributed by atoms with Crippen LogP contribution in [0.5, 0.6) is 5.75 Å². The molecule has 0 bridgehead atoms. The number of hydrogen-bond acceptors (Lipinski definition) is 4. The Hall–Kier alpha value is -1.23. The Labute approximate surface area is 110 Å². The Morgan fingerprint density at radius 3 is 3.00 bits per heavy atom. The maximum Gasteiger partial charge on any atom is 0.191 e. The van der Waals surface area contributed by atoms with Crippen molar-refractivity contribution >= 4 is 21.9 Å². The maximum absolute atomic E-state index is 5.87. The summed E-state index contributed by atoms with van der Waals surface area (Å²) >= 11 is 3.57. The molecular weight excluding hydrogens is 282 g/mol. The number of nitrogens with zero attached hydrogens (tertiary/aromatic N) is 2. The SMILES string of the molecule is CCN1C(N)=NCC1c1cc(OC)ccc1Br. The van der Waals surface area contributed by atoms with Gasteiger partial charge in [0.25, 0.3) is 0 Å². The fourth-order valence-electron chi connectivity index (χ4n) is 2.08. The predicted molar refractivity (Wildman–Crippen MR) is 72.3 cm³/mol. The first-order valence-corrected chi connectivity index (χ1v) is 6.36. The van der Waals surface area contributed by atoms with Crippen LogP contribution in [0.15, 0.2) is 27.7 Å². The maximum atomic E-state index is 5.87. The summed E-state index contributed by atoms with van der Waals surface area (Å²) in [6, 6.07) is 6.16. The molecule has 2 rings (SSSR count). The molecule has 0 radical (unpaired) electrons. The number of likely N-dealkylation sites (N-methyl/N-ethyl adjacent to an activating group) is 1. The molecule has 4 nitrogen and oxygen atoms in total. The van der Waals surface area contributed by atoms with Crippen LogP contribution in [0, 0.1) is 0 Å². The Bertz CT molecular complexity index is 447. The van der Waals surface area contributed by atoms with Gasteiger partial charge in [-0.3, -0.25) is 4.99 Å². The van der Waals surface area contributed by atoms with Crippen LogP contribution >= 0.6 is 15.9 Å². The molecule has 1 aromatic rings. The zero-order valence-electron chi connectivity index (χ0n) is 9.98. The number of hydrogen-bond donors (Lipinski definition) is 1. The number of halogens is 1. The van der Waals surface area contributed by atoms with E-state index in [0.717, 1.165) is 22.3 Å². The van der Waals surface area contributed by atoms with Crippen molar-refractivity contribution in [3.8, 4) is 5.75 Å². The second kappa shape index (κ2) is 4.96. The lowest BCUT2D eigenvalue weighted by Gasteiger charge is -2.26. The van der Waals surface area contributed by atoms with Crippen molar-refractivity contribution in [1.82, 2.24) is 4.90 Å². The molecule has 0 saturated carbocycles. The average molecular weight is 298 g/mol. The van der Waals surface area contributed by atoms with Crippen molar-refractivity contribution in [3.05, 3.63) is 28.2 Å². The highest BCUT2D eigenvalue weighted by atomic mass is 79.9. The lowest BCUT2D eigenvalue weighted by molar-refractivity contribution is 0.360. The standard InChI is InChI=1S/C12H16BrN3O/c1-3-16-11(7-15-12(16)14)9-6-8(17-2)4-5-10(9)13/h4-6,11H,3,7H2,1-2H3,(H2,14,15). The van der Waals surface area contributed by atoms with Crippen molar-refractivity contribution in [2.75, 3.05) is 20.2 Å². The van der Waals surface area contributed by atoms with Gasteiger partial charge in [-0.1, -0.05) is 15.9 Å². The lowest BCUT2D eigenvalue weighted by atomic mass is 10.1. The predicted octanol–water partition coefficient (Wildman–Crippen LogP) is 2.15. The first kappa shape index (κ1) is 12.2. The molecule has 1 aliphatic heterocycles. The third kappa shape index (κ3) is 2.24. The molecular formula is C12H16BrN3O. The summed E-state index contributed by atoms with van der Waals surface area (Å²) in [5.41, 5.74) is 7.03. The average Bonchev–Trinajstić information content (AvgIpc) is 2.71. The van der Waals surface area contributed by atoms with Crippen LogP contribution in [0.3, 0.4) is 0 Å². The van der Waals surface area contributed by atoms with E-state index in [9.17, 15) is 0 Å². The minimum Gasteiger partial charge on any atom is -0.497 e. The van der Waals surface area contributed by atoms with Gasteiger partial charge in [0.05, 0.1) is 19.7 Å². The molecule has 92 valence electrons. The van der Waals surface area contributed by atoms with Crippen molar-refractivity contribution in [3.63, 3.8) is 0 Å². The van der Waals surface area contributed by atoms with Crippen molar-refractivity contribution < 1.29 is 4.74 Å². The van der Waals surface area contributed by atoms with Gasteiger partial charge in [-0.25, -0.2) is 0 Å².